The first-order chi connectivity index (χ1) is 8.00. The van der Waals surface area contributed by atoms with E-state index in [1.54, 1.807) is 6.07 Å². The predicted molar refractivity (Wildman–Crippen MR) is 61.7 cm³/mol. The van der Waals surface area contributed by atoms with E-state index in [9.17, 15) is 8.78 Å². The van der Waals surface area contributed by atoms with Crippen molar-refractivity contribution in [3.63, 3.8) is 0 Å². The van der Waals surface area contributed by atoms with Gasteiger partial charge in [0.1, 0.15) is 0 Å². The quantitative estimate of drug-likeness (QED) is 0.749. The average Bonchev–Trinajstić information content (AvgIpc) is 2.30. The molecule has 0 aromatic heterocycles. The maximum atomic E-state index is 13.2. The molecule has 0 spiro atoms. The van der Waals surface area contributed by atoms with Gasteiger partial charge < -0.3 is 4.74 Å². The van der Waals surface area contributed by atoms with E-state index in [-0.39, 0.29) is 12.1 Å². The Hall–Kier alpha value is -1.00. The highest BCUT2D eigenvalue weighted by Gasteiger charge is 2.32. The van der Waals surface area contributed by atoms with E-state index in [0.717, 1.165) is 6.07 Å². The number of hydrogen-bond donors (Lipinski definition) is 0. The largest absolute Gasteiger partial charge is 0.370 e. The molecule has 1 aliphatic rings. The SMILES string of the molecule is C[C@@H]1CO[C@@H](c2ccc(F)c(F)c2)[C@H](C)N1C. The molecule has 1 saturated heterocycles. The van der Waals surface area contributed by atoms with Gasteiger partial charge in [-0.3, -0.25) is 4.90 Å². The van der Waals surface area contributed by atoms with Gasteiger partial charge in [-0.05, 0) is 38.6 Å². The van der Waals surface area contributed by atoms with Crippen LogP contribution in [-0.4, -0.2) is 30.6 Å². The summed E-state index contributed by atoms with van der Waals surface area (Å²) in [7, 11) is 2.02. The molecule has 0 amide bonds. The fraction of sp³-hybridized carbons (Fsp3) is 0.538. The van der Waals surface area contributed by atoms with Crippen LogP contribution in [0, 0.1) is 11.6 Å². The highest BCUT2D eigenvalue weighted by atomic mass is 19.2. The maximum absolute atomic E-state index is 13.2. The predicted octanol–water partition coefficient (Wildman–Crippen LogP) is 2.74. The van der Waals surface area contributed by atoms with E-state index in [1.807, 2.05) is 14.0 Å². The number of hydrogen-bond acceptors (Lipinski definition) is 2. The van der Waals surface area contributed by atoms with Gasteiger partial charge in [-0.2, -0.15) is 0 Å². The van der Waals surface area contributed by atoms with Gasteiger partial charge in [0.15, 0.2) is 11.6 Å². The Bertz CT molecular complexity index is 410. The Morgan fingerprint density at radius 2 is 1.94 bits per heavy atom. The van der Waals surface area contributed by atoms with Gasteiger partial charge in [0.25, 0.3) is 0 Å². The van der Waals surface area contributed by atoms with Gasteiger partial charge in [-0.25, -0.2) is 8.78 Å². The first kappa shape index (κ1) is 12.5. The van der Waals surface area contributed by atoms with Crippen LogP contribution in [0.2, 0.25) is 0 Å². The van der Waals surface area contributed by atoms with Crippen molar-refractivity contribution in [3.05, 3.63) is 35.4 Å². The van der Waals surface area contributed by atoms with Crippen LogP contribution in [0.25, 0.3) is 0 Å². The third-order valence-corrected chi connectivity index (χ3v) is 3.56. The van der Waals surface area contributed by atoms with E-state index < -0.39 is 11.6 Å². The molecule has 2 rings (SSSR count). The van der Waals surface area contributed by atoms with Gasteiger partial charge >= 0.3 is 0 Å². The average molecular weight is 241 g/mol. The Labute approximate surface area is 100 Å². The molecule has 4 heteroatoms. The van der Waals surface area contributed by atoms with Crippen molar-refractivity contribution in [2.24, 2.45) is 0 Å². The molecule has 1 aliphatic heterocycles. The molecule has 0 bridgehead atoms. The smallest absolute Gasteiger partial charge is 0.159 e. The molecule has 0 radical (unpaired) electrons. The third kappa shape index (κ3) is 2.33. The van der Waals surface area contributed by atoms with Crippen LogP contribution in [0.15, 0.2) is 18.2 Å². The summed E-state index contributed by atoms with van der Waals surface area (Å²) in [5.74, 6) is -1.64. The highest BCUT2D eigenvalue weighted by Crippen LogP contribution is 2.30. The molecule has 1 fully saturated rings. The van der Waals surface area contributed by atoms with Crippen LogP contribution in [0.3, 0.4) is 0 Å². The Kier molecular flexibility index (Phi) is 3.45. The highest BCUT2D eigenvalue weighted by molar-refractivity contribution is 5.22. The van der Waals surface area contributed by atoms with Crippen LogP contribution in [0.1, 0.15) is 25.5 Å². The summed E-state index contributed by atoms with van der Waals surface area (Å²) in [5, 5.41) is 0. The number of rotatable bonds is 1. The molecule has 1 aromatic carbocycles. The lowest BCUT2D eigenvalue weighted by atomic mass is 9.99. The van der Waals surface area contributed by atoms with Crippen molar-refractivity contribution < 1.29 is 13.5 Å². The van der Waals surface area contributed by atoms with Crippen LogP contribution in [0.4, 0.5) is 8.78 Å². The van der Waals surface area contributed by atoms with Crippen LogP contribution >= 0.6 is 0 Å². The normalized spacial score (nSPS) is 30.5. The molecular weight excluding hydrogens is 224 g/mol. The number of nitrogens with zero attached hydrogens (tertiary/aromatic N) is 1. The number of likely N-dealkylation sites (N-methyl/N-ethyl adjacent to an activating group) is 1. The lowest BCUT2D eigenvalue weighted by Gasteiger charge is -2.41. The monoisotopic (exact) mass is 241 g/mol. The van der Waals surface area contributed by atoms with E-state index in [0.29, 0.717) is 18.2 Å². The molecular formula is C13H17F2NO. The van der Waals surface area contributed by atoms with Crippen molar-refractivity contribution >= 4 is 0 Å². The molecule has 0 unspecified atom stereocenters. The minimum Gasteiger partial charge on any atom is -0.370 e. The molecule has 0 N–H and O–H groups in total. The van der Waals surface area contributed by atoms with Crippen LogP contribution in [0.5, 0.6) is 0 Å². The zero-order valence-electron chi connectivity index (χ0n) is 10.3. The second kappa shape index (κ2) is 4.70. The number of morpholine rings is 1. The zero-order valence-corrected chi connectivity index (χ0v) is 10.3. The summed E-state index contributed by atoms with van der Waals surface area (Å²) in [5.41, 5.74) is 0.690. The summed E-state index contributed by atoms with van der Waals surface area (Å²) >= 11 is 0. The zero-order chi connectivity index (χ0) is 12.6. The van der Waals surface area contributed by atoms with Crippen LogP contribution in [-0.2, 0) is 4.74 Å². The minimum atomic E-state index is -0.820. The minimum absolute atomic E-state index is 0.142. The van der Waals surface area contributed by atoms with Gasteiger partial charge in [0.2, 0.25) is 0 Å². The molecule has 1 heterocycles. The second-order valence-corrected chi connectivity index (χ2v) is 4.68. The molecule has 2 nitrogen and oxygen atoms in total. The topological polar surface area (TPSA) is 12.5 Å². The van der Waals surface area contributed by atoms with E-state index in [1.165, 1.54) is 6.07 Å². The second-order valence-electron chi connectivity index (χ2n) is 4.68. The van der Waals surface area contributed by atoms with Crippen molar-refractivity contribution in [1.82, 2.24) is 4.90 Å². The van der Waals surface area contributed by atoms with Crippen molar-refractivity contribution in [2.75, 3.05) is 13.7 Å². The lowest BCUT2D eigenvalue weighted by molar-refractivity contribution is -0.0854. The fourth-order valence-corrected chi connectivity index (χ4v) is 2.18. The Morgan fingerprint density at radius 3 is 2.59 bits per heavy atom. The van der Waals surface area contributed by atoms with E-state index >= 15 is 0 Å². The first-order valence-corrected chi connectivity index (χ1v) is 5.79. The summed E-state index contributed by atoms with van der Waals surface area (Å²) in [4.78, 5) is 2.19. The van der Waals surface area contributed by atoms with Crippen molar-refractivity contribution in [1.29, 1.82) is 0 Å². The maximum Gasteiger partial charge on any atom is 0.159 e. The third-order valence-electron chi connectivity index (χ3n) is 3.56. The molecule has 0 aliphatic carbocycles. The van der Waals surface area contributed by atoms with Crippen molar-refractivity contribution in [3.8, 4) is 0 Å². The molecule has 94 valence electrons. The summed E-state index contributed by atoms with van der Waals surface area (Å²) in [6.07, 6.45) is -0.203. The van der Waals surface area contributed by atoms with E-state index in [4.69, 9.17) is 4.74 Å². The van der Waals surface area contributed by atoms with Gasteiger partial charge in [-0.15, -0.1) is 0 Å². The standard InChI is InChI=1S/C13H17F2NO/c1-8-7-17-13(9(2)16(8)3)10-4-5-11(14)12(15)6-10/h4-6,8-9,13H,7H2,1-3H3/t8-,9+,13-/m1/s1. The number of halogens is 2. The molecule has 1 aromatic rings. The summed E-state index contributed by atoms with van der Waals surface area (Å²) in [6, 6.07) is 4.44. The van der Waals surface area contributed by atoms with Crippen LogP contribution < -0.4 is 0 Å². The Morgan fingerprint density at radius 1 is 1.24 bits per heavy atom. The first-order valence-electron chi connectivity index (χ1n) is 5.79. The Balaban J connectivity index is 2.24. The van der Waals surface area contributed by atoms with Crippen molar-refractivity contribution in [2.45, 2.75) is 32.0 Å². The lowest BCUT2D eigenvalue weighted by Crippen LogP contribution is -2.48. The fourth-order valence-electron chi connectivity index (χ4n) is 2.18. The summed E-state index contributed by atoms with van der Waals surface area (Å²) < 4.78 is 31.8. The summed E-state index contributed by atoms with van der Waals surface area (Å²) in [6.45, 7) is 4.71. The number of benzene rings is 1. The van der Waals surface area contributed by atoms with E-state index in [2.05, 4.69) is 11.8 Å². The van der Waals surface area contributed by atoms with Gasteiger partial charge in [-0.1, -0.05) is 6.07 Å². The molecule has 17 heavy (non-hydrogen) atoms. The van der Waals surface area contributed by atoms with Gasteiger partial charge in [0, 0.05) is 12.1 Å². The molecule has 3 atom stereocenters. The molecule has 0 saturated carbocycles. The number of ether oxygens (including phenoxy) is 1. The van der Waals surface area contributed by atoms with Gasteiger partial charge in [0.05, 0.1) is 12.7 Å².